The van der Waals surface area contributed by atoms with Gasteiger partial charge in [-0.15, -0.1) is 0 Å². The Bertz CT molecular complexity index is 838. The van der Waals surface area contributed by atoms with E-state index < -0.39 is 26.1 Å². The molecule has 1 heterocycles. The molecule has 0 spiro atoms. The minimum absolute atomic E-state index is 0.0570. The Balaban J connectivity index is 2.53. The largest absolute Gasteiger partial charge is 0.768 e. The lowest BCUT2D eigenvalue weighted by molar-refractivity contribution is 0.483. The summed E-state index contributed by atoms with van der Waals surface area (Å²) in [4.78, 5) is 10.4. The predicted molar refractivity (Wildman–Crippen MR) is 76.3 cm³/mol. The summed E-state index contributed by atoms with van der Waals surface area (Å²) in [7, 11) is -4.67. The maximum atomic E-state index is 11.4. The number of halogens is 1. The van der Waals surface area contributed by atoms with Crippen LogP contribution in [0, 0.1) is 6.92 Å². The molecule has 0 amide bonds. The van der Waals surface area contributed by atoms with Crippen molar-refractivity contribution in [3.63, 3.8) is 0 Å². The van der Waals surface area contributed by atoms with Gasteiger partial charge in [0.25, 0.3) is 10.1 Å². The Morgan fingerprint density at radius 1 is 1.32 bits per heavy atom. The van der Waals surface area contributed by atoms with Gasteiger partial charge in [0.1, 0.15) is 10.7 Å². The van der Waals surface area contributed by atoms with Gasteiger partial charge in [-0.05, 0) is 47.8 Å². The zero-order valence-corrected chi connectivity index (χ0v) is 13.2. The second-order valence-electron chi connectivity index (χ2n) is 3.97. The second kappa shape index (κ2) is 6.22. The van der Waals surface area contributed by atoms with E-state index in [9.17, 15) is 21.7 Å². The van der Waals surface area contributed by atoms with Crippen LogP contribution in [-0.2, 0) is 21.2 Å². The minimum atomic E-state index is -4.67. The number of hydrogen-bond acceptors (Lipinski definition) is 8. The van der Waals surface area contributed by atoms with Gasteiger partial charge in [0.05, 0.1) is 5.69 Å². The van der Waals surface area contributed by atoms with Crippen LogP contribution in [0.2, 0.25) is 5.28 Å². The van der Waals surface area contributed by atoms with Crippen molar-refractivity contribution in [3.05, 3.63) is 29.3 Å². The third-order valence-corrected chi connectivity index (χ3v) is 4.09. The first-order valence-corrected chi connectivity index (χ1v) is 8.42. The topological polar surface area (TPSA) is 145 Å². The van der Waals surface area contributed by atoms with Crippen molar-refractivity contribution in [3.8, 4) is 0 Å². The molecule has 9 nitrogen and oxygen atoms in total. The Labute approximate surface area is 132 Å². The number of aryl methyl sites for hydroxylation is 1. The number of rotatable bonds is 4. The molecule has 0 saturated carbocycles. The van der Waals surface area contributed by atoms with Crippen molar-refractivity contribution in [1.29, 1.82) is 0 Å². The van der Waals surface area contributed by atoms with Gasteiger partial charge in [-0.2, -0.15) is 18.4 Å². The van der Waals surface area contributed by atoms with Gasteiger partial charge in [-0.1, -0.05) is 0 Å². The molecule has 2 rings (SSSR count). The van der Waals surface area contributed by atoms with Crippen molar-refractivity contribution in [1.82, 2.24) is 15.0 Å². The van der Waals surface area contributed by atoms with Crippen LogP contribution >= 0.6 is 11.6 Å². The molecule has 118 valence electrons. The van der Waals surface area contributed by atoms with Crippen LogP contribution in [0.4, 0.5) is 11.6 Å². The van der Waals surface area contributed by atoms with Crippen molar-refractivity contribution in [2.45, 2.75) is 16.7 Å². The lowest BCUT2D eigenvalue weighted by atomic mass is 10.3. The molecule has 22 heavy (non-hydrogen) atoms. The van der Waals surface area contributed by atoms with E-state index in [1.807, 2.05) is 0 Å². The third-order valence-electron chi connectivity index (χ3n) is 2.39. The molecule has 0 bridgehead atoms. The summed E-state index contributed by atoms with van der Waals surface area (Å²) in [6, 6.07) is 3.10. The maximum absolute atomic E-state index is 11.4. The van der Waals surface area contributed by atoms with Gasteiger partial charge in [-0.25, -0.2) is 4.98 Å². The zero-order valence-electron chi connectivity index (χ0n) is 10.8. The predicted octanol–water partition coefficient (Wildman–Crippen LogP) is 1.06. The maximum Gasteiger partial charge on any atom is 0.296 e. The zero-order chi connectivity index (χ0) is 16.5. The fourth-order valence-corrected chi connectivity index (χ4v) is 2.89. The summed E-state index contributed by atoms with van der Waals surface area (Å²) in [5.41, 5.74) is -0.113. The molecule has 0 fully saturated rings. The highest BCUT2D eigenvalue weighted by Crippen LogP contribution is 2.26. The molecule has 0 aliphatic carbocycles. The molecule has 12 heteroatoms. The van der Waals surface area contributed by atoms with Crippen LogP contribution < -0.4 is 5.32 Å². The van der Waals surface area contributed by atoms with E-state index in [1.165, 1.54) is 0 Å². The van der Waals surface area contributed by atoms with Crippen LogP contribution in [0.3, 0.4) is 0 Å². The van der Waals surface area contributed by atoms with Crippen molar-refractivity contribution in [2.75, 3.05) is 5.32 Å². The molecule has 1 aromatic heterocycles. The summed E-state index contributed by atoms with van der Waals surface area (Å²) < 4.78 is 53.8. The van der Waals surface area contributed by atoms with Crippen molar-refractivity contribution in [2.24, 2.45) is 0 Å². The molecule has 1 atom stereocenters. The van der Waals surface area contributed by atoms with Crippen LogP contribution in [-0.4, -0.2) is 36.7 Å². The summed E-state index contributed by atoms with van der Waals surface area (Å²) in [5.74, 6) is 0.228. The normalized spacial score (nSPS) is 12.9. The molecule has 1 aromatic carbocycles. The molecule has 0 aliphatic rings. The molecular weight excluding hydrogens is 356 g/mol. The van der Waals surface area contributed by atoms with E-state index in [4.69, 9.17) is 11.6 Å². The lowest BCUT2D eigenvalue weighted by Crippen LogP contribution is -2.07. The number of anilines is 2. The Kier molecular flexibility index (Phi) is 4.72. The quantitative estimate of drug-likeness (QED) is 0.601. The molecular formula is C10H8ClN4O5S2-. The van der Waals surface area contributed by atoms with Gasteiger partial charge in [0.15, 0.2) is 0 Å². The van der Waals surface area contributed by atoms with E-state index in [-0.39, 0.29) is 27.6 Å². The van der Waals surface area contributed by atoms with E-state index in [0.717, 1.165) is 18.2 Å². The van der Waals surface area contributed by atoms with Crippen LogP contribution in [0.15, 0.2) is 28.0 Å². The molecule has 0 aliphatic heterocycles. The van der Waals surface area contributed by atoms with E-state index in [1.54, 1.807) is 6.92 Å². The van der Waals surface area contributed by atoms with Gasteiger partial charge in [0, 0.05) is 4.90 Å². The van der Waals surface area contributed by atoms with Gasteiger partial charge in [-0.3, -0.25) is 8.76 Å². The number of benzene rings is 1. The molecule has 2 aromatic rings. The van der Waals surface area contributed by atoms with Crippen molar-refractivity contribution < 1.29 is 21.7 Å². The number of nitrogens with zero attached hydrogens (tertiary/aromatic N) is 3. The first kappa shape index (κ1) is 16.7. The Hall–Kier alpha value is -1.66. The Morgan fingerprint density at radius 2 is 2.00 bits per heavy atom. The van der Waals surface area contributed by atoms with Gasteiger partial charge in [0.2, 0.25) is 11.2 Å². The Morgan fingerprint density at radius 3 is 2.55 bits per heavy atom. The number of nitrogens with one attached hydrogen (secondary N) is 1. The molecule has 1 unspecified atom stereocenters. The van der Waals surface area contributed by atoms with Crippen LogP contribution in [0.1, 0.15) is 5.82 Å². The minimum Gasteiger partial charge on any atom is -0.768 e. The lowest BCUT2D eigenvalue weighted by Gasteiger charge is -2.12. The first-order chi connectivity index (χ1) is 10.2. The standard InChI is InChI=1S/C10H9ClN4O5S2/c1-5-12-9(11)15-10(13-5)14-7-3-2-6(21(16)17)4-8(7)22(18,19)20/h2-4H,1H3,(H,16,17)(H,18,19,20)(H,12,13,14,15)/p-1. The monoisotopic (exact) mass is 363 g/mol. The second-order valence-corrected chi connectivity index (χ2v) is 6.64. The smallest absolute Gasteiger partial charge is 0.296 e. The van der Waals surface area contributed by atoms with E-state index in [0.29, 0.717) is 0 Å². The highest BCUT2D eigenvalue weighted by molar-refractivity contribution is 7.86. The summed E-state index contributed by atoms with van der Waals surface area (Å²) in [6.07, 6.45) is 0. The van der Waals surface area contributed by atoms with E-state index in [2.05, 4.69) is 20.3 Å². The average Bonchev–Trinajstić information content (AvgIpc) is 2.36. The average molecular weight is 364 g/mol. The number of hydrogen-bond donors (Lipinski definition) is 2. The van der Waals surface area contributed by atoms with Crippen LogP contribution in [0.25, 0.3) is 0 Å². The highest BCUT2D eigenvalue weighted by Gasteiger charge is 2.18. The summed E-state index contributed by atoms with van der Waals surface area (Å²) in [5, 5.41) is 2.43. The fourth-order valence-electron chi connectivity index (χ4n) is 1.55. The molecule has 0 saturated heterocycles. The van der Waals surface area contributed by atoms with Crippen molar-refractivity contribution >= 4 is 44.4 Å². The number of aromatic nitrogens is 3. The van der Waals surface area contributed by atoms with Crippen LogP contribution in [0.5, 0.6) is 0 Å². The highest BCUT2D eigenvalue weighted by atomic mass is 35.5. The third kappa shape index (κ3) is 3.96. The summed E-state index contributed by atoms with van der Waals surface area (Å²) in [6.45, 7) is 1.55. The molecule has 0 radical (unpaired) electrons. The summed E-state index contributed by atoms with van der Waals surface area (Å²) >= 11 is 3.01. The van der Waals surface area contributed by atoms with E-state index >= 15 is 0 Å². The van der Waals surface area contributed by atoms with Gasteiger partial charge < -0.3 is 9.87 Å². The molecule has 2 N–H and O–H groups in total. The fraction of sp³-hybridized carbons (Fsp3) is 0.100. The SMILES string of the molecule is Cc1nc(Cl)nc(Nc2ccc(S(=O)[O-])cc2S(=O)(=O)O)n1. The van der Waals surface area contributed by atoms with Gasteiger partial charge >= 0.3 is 0 Å². The first-order valence-electron chi connectivity index (χ1n) is 5.53.